The van der Waals surface area contributed by atoms with Crippen LogP contribution in [0, 0.1) is 0 Å². The maximum absolute atomic E-state index is 13.4. The molecule has 2 N–H and O–H groups in total. The van der Waals surface area contributed by atoms with E-state index in [-0.39, 0.29) is 23.9 Å². The summed E-state index contributed by atoms with van der Waals surface area (Å²) in [5.74, 6) is -0.156. The number of thioether (sulfide) groups is 1. The van der Waals surface area contributed by atoms with Crippen LogP contribution in [-0.2, 0) is 14.4 Å². The summed E-state index contributed by atoms with van der Waals surface area (Å²) >= 11 is 1.29. The molecule has 45 heavy (non-hydrogen) atoms. The highest BCUT2D eigenvalue weighted by atomic mass is 32.2. The fraction of sp³-hybridized carbons (Fsp3) is 0.143. The van der Waals surface area contributed by atoms with Gasteiger partial charge in [0.15, 0.2) is 0 Å². The first-order valence-corrected chi connectivity index (χ1v) is 15.1. The molecular weight excluding hydrogens is 590 g/mol. The molecule has 4 aromatic rings. The van der Waals surface area contributed by atoms with Gasteiger partial charge in [0.25, 0.3) is 11.8 Å². The van der Waals surface area contributed by atoms with E-state index in [1.165, 1.54) is 16.7 Å². The Bertz CT molecular complexity index is 1710. The molecule has 0 aliphatic carbocycles. The smallest absolute Gasteiger partial charge is 0.272 e. The minimum absolute atomic E-state index is 0.0527. The van der Waals surface area contributed by atoms with Gasteiger partial charge in [0.1, 0.15) is 17.2 Å². The molecule has 0 aromatic heterocycles. The molecule has 1 aliphatic rings. The van der Waals surface area contributed by atoms with Gasteiger partial charge in [0, 0.05) is 22.6 Å². The standard InChI is InChI=1S/C35H31N3O6S/c1-3-44-28-17-13-26(14-18-28)38-32(39)22-31(35(38)42)45-29-19-11-25(12-20-29)36-34(41)30(21-23-9-15-27(43-2)16-10-23)37-33(40)24-7-5-4-6-8-24/h4-21,31H,3,22H2,1-2H3,(H,36,41)(H,37,40)/b30-21-. The number of rotatable bonds is 11. The van der Waals surface area contributed by atoms with Crippen molar-refractivity contribution in [2.24, 2.45) is 0 Å². The topological polar surface area (TPSA) is 114 Å². The molecule has 228 valence electrons. The van der Waals surface area contributed by atoms with Gasteiger partial charge in [0.05, 0.1) is 24.7 Å². The number of ether oxygens (including phenoxy) is 2. The molecule has 10 heteroatoms. The third-order valence-corrected chi connectivity index (χ3v) is 8.05. The molecule has 0 saturated carbocycles. The maximum atomic E-state index is 13.4. The molecule has 1 saturated heterocycles. The van der Waals surface area contributed by atoms with Gasteiger partial charge in [-0.1, -0.05) is 30.3 Å². The van der Waals surface area contributed by atoms with Crippen LogP contribution in [0.5, 0.6) is 11.5 Å². The predicted molar refractivity (Wildman–Crippen MR) is 174 cm³/mol. The van der Waals surface area contributed by atoms with Crippen molar-refractivity contribution in [3.8, 4) is 11.5 Å². The Morgan fingerprint density at radius 2 is 1.56 bits per heavy atom. The largest absolute Gasteiger partial charge is 0.497 e. The summed E-state index contributed by atoms with van der Waals surface area (Å²) in [6.07, 6.45) is 1.66. The van der Waals surface area contributed by atoms with E-state index in [1.54, 1.807) is 116 Å². The van der Waals surface area contributed by atoms with Gasteiger partial charge in [-0.15, -0.1) is 11.8 Å². The summed E-state index contributed by atoms with van der Waals surface area (Å²) in [6.45, 7) is 2.41. The molecule has 0 spiro atoms. The molecule has 4 amide bonds. The zero-order chi connectivity index (χ0) is 31.8. The lowest BCUT2D eigenvalue weighted by atomic mass is 10.1. The number of imide groups is 1. The van der Waals surface area contributed by atoms with E-state index in [4.69, 9.17) is 9.47 Å². The molecule has 0 bridgehead atoms. The zero-order valence-corrected chi connectivity index (χ0v) is 25.5. The quantitative estimate of drug-likeness (QED) is 0.158. The molecular formula is C35H31N3O6S. The number of methoxy groups -OCH3 is 1. The van der Waals surface area contributed by atoms with Crippen LogP contribution >= 0.6 is 11.8 Å². The maximum Gasteiger partial charge on any atom is 0.272 e. The van der Waals surface area contributed by atoms with E-state index < -0.39 is 17.1 Å². The Morgan fingerprint density at radius 1 is 0.889 bits per heavy atom. The second-order valence-electron chi connectivity index (χ2n) is 9.93. The van der Waals surface area contributed by atoms with Crippen molar-refractivity contribution in [2.75, 3.05) is 23.9 Å². The van der Waals surface area contributed by atoms with Crippen molar-refractivity contribution in [2.45, 2.75) is 23.5 Å². The van der Waals surface area contributed by atoms with Gasteiger partial charge in [-0.2, -0.15) is 0 Å². The van der Waals surface area contributed by atoms with Crippen LogP contribution in [0.25, 0.3) is 6.08 Å². The Kier molecular flexibility index (Phi) is 9.96. The molecule has 1 aliphatic heterocycles. The third kappa shape index (κ3) is 7.79. The molecule has 9 nitrogen and oxygen atoms in total. The van der Waals surface area contributed by atoms with Crippen LogP contribution in [0.4, 0.5) is 11.4 Å². The first-order chi connectivity index (χ1) is 21.8. The first kappa shape index (κ1) is 31.1. The molecule has 5 rings (SSSR count). The van der Waals surface area contributed by atoms with E-state index in [9.17, 15) is 19.2 Å². The summed E-state index contributed by atoms with van der Waals surface area (Å²) < 4.78 is 10.7. The number of benzene rings is 4. The van der Waals surface area contributed by atoms with Crippen molar-refractivity contribution in [3.05, 3.63) is 120 Å². The summed E-state index contributed by atoms with van der Waals surface area (Å²) in [4.78, 5) is 54.1. The number of hydrogen-bond acceptors (Lipinski definition) is 7. The van der Waals surface area contributed by atoms with Crippen molar-refractivity contribution in [3.63, 3.8) is 0 Å². The number of carbonyl (C=O) groups excluding carboxylic acids is 4. The molecule has 4 aromatic carbocycles. The lowest BCUT2D eigenvalue weighted by Gasteiger charge is -2.15. The van der Waals surface area contributed by atoms with Crippen LogP contribution in [0.2, 0.25) is 0 Å². The number of nitrogens with one attached hydrogen (secondary N) is 2. The number of amides is 4. The van der Waals surface area contributed by atoms with Crippen molar-refractivity contribution in [1.82, 2.24) is 5.32 Å². The lowest BCUT2D eigenvalue weighted by molar-refractivity contribution is -0.121. The normalized spacial score (nSPS) is 14.7. The monoisotopic (exact) mass is 621 g/mol. The number of hydrogen-bond donors (Lipinski definition) is 2. The average molecular weight is 622 g/mol. The fourth-order valence-electron chi connectivity index (χ4n) is 4.61. The van der Waals surface area contributed by atoms with Gasteiger partial charge in [-0.05, 0) is 91.4 Å². The van der Waals surface area contributed by atoms with Crippen LogP contribution < -0.4 is 25.0 Å². The Morgan fingerprint density at radius 3 is 2.20 bits per heavy atom. The van der Waals surface area contributed by atoms with Crippen LogP contribution in [0.1, 0.15) is 29.3 Å². The van der Waals surface area contributed by atoms with Crippen LogP contribution in [0.15, 0.2) is 114 Å². The molecule has 0 radical (unpaired) electrons. The number of carbonyl (C=O) groups is 4. The van der Waals surface area contributed by atoms with Gasteiger partial charge in [-0.25, -0.2) is 4.90 Å². The van der Waals surface area contributed by atoms with Gasteiger partial charge < -0.3 is 20.1 Å². The van der Waals surface area contributed by atoms with E-state index in [1.807, 2.05) is 6.92 Å². The summed E-state index contributed by atoms with van der Waals surface area (Å²) in [7, 11) is 1.57. The van der Waals surface area contributed by atoms with Gasteiger partial charge in [0.2, 0.25) is 11.8 Å². The van der Waals surface area contributed by atoms with Gasteiger partial charge in [-0.3, -0.25) is 19.2 Å². The highest BCUT2D eigenvalue weighted by Crippen LogP contribution is 2.35. The van der Waals surface area contributed by atoms with Crippen molar-refractivity contribution >= 4 is 52.8 Å². The highest BCUT2D eigenvalue weighted by molar-refractivity contribution is 8.00. The fourth-order valence-corrected chi connectivity index (χ4v) is 5.67. The molecule has 1 atom stereocenters. The molecule has 1 fully saturated rings. The Hall–Kier alpha value is -5.35. The Balaban J connectivity index is 1.26. The van der Waals surface area contributed by atoms with E-state index in [2.05, 4.69) is 10.6 Å². The van der Waals surface area contributed by atoms with E-state index in [0.29, 0.717) is 40.6 Å². The minimum atomic E-state index is -0.572. The zero-order valence-electron chi connectivity index (χ0n) is 24.7. The second-order valence-corrected chi connectivity index (χ2v) is 11.2. The summed E-state index contributed by atoms with van der Waals surface area (Å²) in [6, 6.07) is 29.5. The first-order valence-electron chi connectivity index (χ1n) is 14.2. The molecule has 1 heterocycles. The van der Waals surface area contributed by atoms with E-state index in [0.717, 1.165) is 4.90 Å². The predicted octanol–water partition coefficient (Wildman–Crippen LogP) is 5.93. The highest BCUT2D eigenvalue weighted by Gasteiger charge is 2.40. The number of anilines is 2. The average Bonchev–Trinajstić information content (AvgIpc) is 3.34. The van der Waals surface area contributed by atoms with Crippen molar-refractivity contribution < 1.29 is 28.7 Å². The number of nitrogens with zero attached hydrogens (tertiary/aromatic N) is 1. The van der Waals surface area contributed by atoms with Gasteiger partial charge >= 0.3 is 0 Å². The minimum Gasteiger partial charge on any atom is -0.497 e. The van der Waals surface area contributed by atoms with Crippen molar-refractivity contribution in [1.29, 1.82) is 0 Å². The lowest BCUT2D eigenvalue weighted by Crippen LogP contribution is -2.31. The molecule has 1 unspecified atom stereocenters. The van der Waals surface area contributed by atoms with E-state index >= 15 is 0 Å². The summed E-state index contributed by atoms with van der Waals surface area (Å²) in [5, 5.41) is 4.97. The van der Waals surface area contributed by atoms with Crippen LogP contribution in [0.3, 0.4) is 0 Å². The Labute approximate surface area is 265 Å². The third-order valence-electron chi connectivity index (χ3n) is 6.86. The second kappa shape index (κ2) is 14.4. The van der Waals surface area contributed by atoms with Crippen LogP contribution in [-0.4, -0.2) is 42.6 Å². The summed E-state index contributed by atoms with van der Waals surface area (Å²) in [5.41, 5.74) is 2.15. The SMILES string of the molecule is CCOc1ccc(N2C(=O)CC(Sc3ccc(NC(=O)/C(=C/c4ccc(OC)cc4)NC(=O)c4ccccc4)cc3)C2=O)cc1.